The summed E-state index contributed by atoms with van der Waals surface area (Å²) in [6.45, 7) is 12.2. The lowest BCUT2D eigenvalue weighted by Gasteiger charge is -2.38. The number of thioether (sulfide) groups is 1. The number of carbonyl (C=O) groups excluding carboxylic acids is 2. The van der Waals surface area contributed by atoms with Crippen molar-refractivity contribution in [1.29, 1.82) is 0 Å². The van der Waals surface area contributed by atoms with Crippen molar-refractivity contribution < 1.29 is 76.0 Å². The number of likely N-dealkylation sites (N-methyl/N-ethyl adjacent to an activating group) is 1. The Morgan fingerprint density at radius 1 is 0.574 bits per heavy atom. The van der Waals surface area contributed by atoms with Crippen LogP contribution in [0.25, 0.3) is 0 Å². The molecule has 6 nitrogen and oxygen atoms in total. The fourth-order valence-electron chi connectivity index (χ4n) is 7.28. The summed E-state index contributed by atoms with van der Waals surface area (Å²) in [6.07, 6.45) is 27.3. The van der Waals surface area contributed by atoms with Crippen molar-refractivity contribution >= 4 is 31.8 Å². The Kier molecular flexibility index (Phi) is 34.1. The van der Waals surface area contributed by atoms with Gasteiger partial charge in [0.15, 0.2) is 0 Å². The molecule has 0 unspecified atom stereocenters. The van der Waals surface area contributed by atoms with E-state index in [2.05, 4.69) is 69.2 Å². The maximum Gasteiger partial charge on any atom is 0.310 e. The predicted octanol–water partition coefficient (Wildman–Crippen LogP) is 5.60. The average molecular weight is 1020 g/mol. The third kappa shape index (κ3) is 28.1. The van der Waals surface area contributed by atoms with Crippen molar-refractivity contribution in [2.75, 3.05) is 74.3 Å². The van der Waals surface area contributed by atoms with E-state index in [1.165, 1.54) is 132 Å². The second-order valence-electron chi connectivity index (χ2n) is 18.7. The highest BCUT2D eigenvalue weighted by molar-refractivity contribution is 8.03. The van der Waals surface area contributed by atoms with Crippen LogP contribution in [0.4, 0.5) is 0 Å². The SMILES string of the molecule is CCCCCCCCCCCCOC(=O)[C@@H]1CC([Si](C)(C)CCCCCCCCCCCC)=C(SCC[N+](C)(C)C)C[C@H]1C(=O)OCC[N+](C)(C)C.[I-].[I-]. The monoisotopic (exact) mass is 1020 g/mol. The zero-order valence-corrected chi connectivity index (χ0v) is 43.3. The van der Waals surface area contributed by atoms with Crippen LogP contribution in [0.1, 0.15) is 155 Å². The molecule has 54 heavy (non-hydrogen) atoms. The Balaban J connectivity index is 0. The third-order valence-corrected chi connectivity index (χ3v) is 16.1. The maximum atomic E-state index is 13.9. The number of ether oxygens (including phenoxy) is 2. The first-order valence-electron chi connectivity index (χ1n) is 21.9. The van der Waals surface area contributed by atoms with Gasteiger partial charge < -0.3 is 66.4 Å². The number of nitrogens with zero attached hydrogens (tertiary/aromatic N) is 2. The minimum Gasteiger partial charge on any atom is -1.00 e. The first kappa shape index (κ1) is 56.7. The third-order valence-electron chi connectivity index (χ3n) is 11.0. The summed E-state index contributed by atoms with van der Waals surface area (Å²) < 4.78 is 13.6. The minimum absolute atomic E-state index is 0. The Morgan fingerprint density at radius 3 is 1.41 bits per heavy atom. The highest BCUT2D eigenvalue weighted by Gasteiger charge is 2.44. The molecule has 0 heterocycles. The summed E-state index contributed by atoms with van der Waals surface area (Å²) in [5.74, 6) is -0.294. The standard InChI is InChI=1S/C44H88N2O4SSi.2HI/c1-11-13-15-17-19-21-23-25-27-29-33-49-44(48)40-38-42(52(9,10)36-30-28-26-24-22-20-18-16-14-12-2)41(51-35-32-46(6,7)8)37-39(40)43(47)50-34-31-45(3,4)5;;/h39-40H,11-38H2,1-10H3;2*1H/q+2;;/p-2/t39-,40-;;/m1../s1. The molecule has 0 saturated heterocycles. The highest BCUT2D eigenvalue weighted by Crippen LogP contribution is 2.45. The number of carbonyl (C=O) groups is 2. The van der Waals surface area contributed by atoms with Crippen LogP contribution in [0.3, 0.4) is 0 Å². The smallest absolute Gasteiger partial charge is 0.310 e. The summed E-state index contributed by atoms with van der Waals surface area (Å²) in [5, 5.41) is 1.52. The van der Waals surface area contributed by atoms with Gasteiger partial charge in [0.2, 0.25) is 0 Å². The van der Waals surface area contributed by atoms with Gasteiger partial charge in [-0.2, -0.15) is 0 Å². The van der Waals surface area contributed by atoms with E-state index in [4.69, 9.17) is 9.47 Å². The molecular weight excluding hydrogens is 934 g/mol. The summed E-state index contributed by atoms with van der Waals surface area (Å²) in [7, 11) is 11.2. The first-order chi connectivity index (χ1) is 24.6. The number of unbranched alkanes of at least 4 members (excludes halogenated alkanes) is 18. The van der Waals surface area contributed by atoms with Crippen LogP contribution in [0.15, 0.2) is 10.1 Å². The number of halogens is 2. The van der Waals surface area contributed by atoms with E-state index in [9.17, 15) is 9.59 Å². The second-order valence-corrected chi connectivity index (χ2v) is 24.8. The fourth-order valence-corrected chi connectivity index (χ4v) is 12.8. The topological polar surface area (TPSA) is 52.6 Å². The molecule has 0 saturated carbocycles. The summed E-state index contributed by atoms with van der Waals surface area (Å²) in [6, 6.07) is 1.25. The molecule has 1 aliphatic carbocycles. The lowest BCUT2D eigenvalue weighted by Crippen LogP contribution is -3.00. The van der Waals surface area contributed by atoms with E-state index >= 15 is 0 Å². The van der Waals surface area contributed by atoms with Crippen molar-refractivity contribution in [2.45, 2.75) is 174 Å². The predicted molar refractivity (Wildman–Crippen MR) is 229 cm³/mol. The summed E-state index contributed by atoms with van der Waals surface area (Å²) in [4.78, 5) is 29.1. The van der Waals surface area contributed by atoms with Gasteiger partial charge in [-0.1, -0.05) is 160 Å². The number of esters is 2. The van der Waals surface area contributed by atoms with Crippen molar-refractivity contribution in [2.24, 2.45) is 11.8 Å². The van der Waals surface area contributed by atoms with E-state index in [1.807, 2.05) is 11.8 Å². The van der Waals surface area contributed by atoms with E-state index < -0.39 is 19.9 Å². The van der Waals surface area contributed by atoms with Crippen molar-refractivity contribution in [3.63, 3.8) is 0 Å². The molecule has 0 spiro atoms. The summed E-state index contributed by atoms with van der Waals surface area (Å²) >= 11 is 1.95. The van der Waals surface area contributed by atoms with Gasteiger partial charge in [0.25, 0.3) is 0 Å². The fraction of sp³-hybridized carbons (Fsp3) is 0.909. The van der Waals surface area contributed by atoms with Crippen molar-refractivity contribution in [3.8, 4) is 0 Å². The van der Waals surface area contributed by atoms with Crippen LogP contribution in [0.5, 0.6) is 0 Å². The molecule has 0 bridgehead atoms. The first-order valence-corrected chi connectivity index (χ1v) is 26.1. The van der Waals surface area contributed by atoms with Crippen LogP contribution in [-0.2, 0) is 19.1 Å². The largest absolute Gasteiger partial charge is 1.00 e. The van der Waals surface area contributed by atoms with Gasteiger partial charge in [0.1, 0.15) is 13.2 Å². The Hall–Kier alpha value is 0.627. The Labute approximate surface area is 375 Å². The number of rotatable bonds is 32. The number of allylic oxidation sites excluding steroid dienone is 2. The molecule has 2 atom stereocenters. The van der Waals surface area contributed by atoms with E-state index in [1.54, 1.807) is 0 Å². The second kappa shape index (κ2) is 32.5. The minimum atomic E-state index is -1.83. The zero-order chi connectivity index (χ0) is 38.9. The van der Waals surface area contributed by atoms with Crippen LogP contribution in [-0.4, -0.2) is 103 Å². The van der Waals surface area contributed by atoms with Gasteiger partial charge >= 0.3 is 11.9 Å². The van der Waals surface area contributed by atoms with Crippen LogP contribution < -0.4 is 48.0 Å². The highest BCUT2D eigenvalue weighted by atomic mass is 127. The van der Waals surface area contributed by atoms with Gasteiger partial charge in [0.05, 0.1) is 75.3 Å². The Morgan fingerprint density at radius 2 is 0.963 bits per heavy atom. The van der Waals surface area contributed by atoms with E-state index in [-0.39, 0.29) is 59.9 Å². The van der Waals surface area contributed by atoms with Gasteiger partial charge in [-0.3, -0.25) is 9.59 Å². The maximum absolute atomic E-state index is 13.9. The summed E-state index contributed by atoms with van der Waals surface area (Å²) in [5.41, 5.74) is 0. The van der Waals surface area contributed by atoms with Crippen molar-refractivity contribution in [1.82, 2.24) is 0 Å². The normalized spacial score (nSPS) is 16.5. The van der Waals surface area contributed by atoms with E-state index in [0.717, 1.165) is 40.7 Å². The molecule has 0 N–H and O–H groups in total. The van der Waals surface area contributed by atoms with Gasteiger partial charge in [-0.15, -0.1) is 11.8 Å². The molecule has 0 aromatic heterocycles. The Bertz CT molecular complexity index is 1000. The molecule has 0 aromatic carbocycles. The number of hydrogen-bond acceptors (Lipinski definition) is 5. The van der Waals surface area contributed by atoms with Crippen LogP contribution in [0.2, 0.25) is 19.1 Å². The van der Waals surface area contributed by atoms with Crippen LogP contribution >= 0.6 is 11.8 Å². The van der Waals surface area contributed by atoms with Crippen molar-refractivity contribution in [3.05, 3.63) is 10.1 Å². The lowest BCUT2D eigenvalue weighted by atomic mass is 9.82. The van der Waals surface area contributed by atoms with Gasteiger partial charge in [-0.25, -0.2) is 0 Å². The molecule has 0 amide bonds. The molecule has 10 heteroatoms. The lowest BCUT2D eigenvalue weighted by molar-refractivity contribution is -0.870. The number of quaternary nitrogens is 2. The molecule has 322 valence electrons. The molecule has 1 rings (SSSR count). The number of hydrogen-bond donors (Lipinski definition) is 0. The molecular formula is C44H88I2N2O4SSi. The zero-order valence-electron chi connectivity index (χ0n) is 37.1. The molecule has 0 fully saturated rings. The molecule has 0 aliphatic heterocycles. The molecule has 1 aliphatic rings. The molecule has 0 radical (unpaired) electrons. The molecule has 0 aromatic rings. The van der Waals surface area contributed by atoms with Gasteiger partial charge in [0, 0.05) is 5.75 Å². The van der Waals surface area contributed by atoms with Gasteiger partial charge in [-0.05, 0) is 24.2 Å². The van der Waals surface area contributed by atoms with E-state index in [0.29, 0.717) is 26.1 Å². The van der Waals surface area contributed by atoms with Crippen LogP contribution in [0, 0.1) is 11.8 Å². The average Bonchev–Trinajstić information content (AvgIpc) is 3.06. The quantitative estimate of drug-likeness (QED) is 0.0290.